The van der Waals surface area contributed by atoms with Crippen molar-refractivity contribution in [1.29, 1.82) is 0 Å². The number of hydrogen-bond acceptors (Lipinski definition) is 2. The number of nitrogens with zero attached hydrogens (tertiary/aromatic N) is 1. The second-order valence-corrected chi connectivity index (χ2v) is 4.77. The molecular formula is C9H16BrNO. The molecule has 2 fully saturated rings. The maximum atomic E-state index is 9.42. The van der Waals surface area contributed by atoms with Gasteiger partial charge in [-0.3, -0.25) is 0 Å². The van der Waals surface area contributed by atoms with Gasteiger partial charge in [-0.1, -0.05) is 15.9 Å². The van der Waals surface area contributed by atoms with Crippen molar-refractivity contribution in [2.75, 3.05) is 25.0 Å². The molecule has 0 bridgehead atoms. The van der Waals surface area contributed by atoms with E-state index < -0.39 is 0 Å². The fourth-order valence-electron chi connectivity index (χ4n) is 2.35. The molecule has 1 aliphatic heterocycles. The standard InChI is InChI=1S/C9H16BrNO/c10-3-9(12)6-11-4-7-1-2-8(7)5-11/h7-9,12H,1-6H2. The first-order valence-corrected chi connectivity index (χ1v) is 5.88. The zero-order valence-electron chi connectivity index (χ0n) is 7.25. The molecule has 0 spiro atoms. The zero-order chi connectivity index (χ0) is 8.55. The Hall–Kier alpha value is 0.400. The van der Waals surface area contributed by atoms with E-state index in [0.29, 0.717) is 5.33 Å². The van der Waals surface area contributed by atoms with Gasteiger partial charge in [0.25, 0.3) is 0 Å². The second-order valence-electron chi connectivity index (χ2n) is 4.12. The lowest BCUT2D eigenvalue weighted by Crippen LogP contribution is -2.31. The average Bonchev–Trinajstić information content (AvgIpc) is 2.30. The van der Waals surface area contributed by atoms with E-state index in [4.69, 9.17) is 0 Å². The molecule has 12 heavy (non-hydrogen) atoms. The third-order valence-corrected chi connectivity index (χ3v) is 3.95. The molecule has 3 unspecified atom stereocenters. The monoisotopic (exact) mass is 233 g/mol. The van der Waals surface area contributed by atoms with Gasteiger partial charge < -0.3 is 10.0 Å². The van der Waals surface area contributed by atoms with E-state index in [0.717, 1.165) is 18.4 Å². The van der Waals surface area contributed by atoms with Gasteiger partial charge in [-0.25, -0.2) is 0 Å². The lowest BCUT2D eigenvalue weighted by molar-refractivity contribution is 0.143. The third-order valence-electron chi connectivity index (χ3n) is 3.21. The topological polar surface area (TPSA) is 23.5 Å². The number of alkyl halides is 1. The summed E-state index contributed by atoms with van der Waals surface area (Å²) in [6.07, 6.45) is 2.67. The fraction of sp³-hybridized carbons (Fsp3) is 1.00. The Labute approximate surface area is 82.1 Å². The lowest BCUT2D eigenvalue weighted by atomic mass is 9.77. The van der Waals surface area contributed by atoms with Crippen molar-refractivity contribution in [3.05, 3.63) is 0 Å². The molecule has 1 N–H and O–H groups in total. The maximum absolute atomic E-state index is 9.42. The van der Waals surface area contributed by atoms with Gasteiger partial charge in [-0.15, -0.1) is 0 Å². The number of hydrogen-bond donors (Lipinski definition) is 1. The summed E-state index contributed by atoms with van der Waals surface area (Å²) in [5, 5.41) is 10.1. The van der Waals surface area contributed by atoms with Crippen LogP contribution in [0.1, 0.15) is 12.8 Å². The number of β-amino-alcohol motifs (C(OH)–C–C–N with tert-alkyl or cyclic N) is 1. The maximum Gasteiger partial charge on any atom is 0.0763 e. The van der Waals surface area contributed by atoms with Crippen molar-refractivity contribution < 1.29 is 5.11 Å². The van der Waals surface area contributed by atoms with Gasteiger partial charge >= 0.3 is 0 Å². The minimum Gasteiger partial charge on any atom is -0.391 e. The largest absolute Gasteiger partial charge is 0.391 e. The first kappa shape index (κ1) is 8.97. The number of aliphatic hydroxyl groups excluding tert-OH is 1. The molecule has 2 aliphatic rings. The van der Waals surface area contributed by atoms with Crippen LogP contribution in [0, 0.1) is 11.8 Å². The molecule has 1 aliphatic carbocycles. The van der Waals surface area contributed by atoms with E-state index >= 15 is 0 Å². The third kappa shape index (κ3) is 1.68. The zero-order valence-corrected chi connectivity index (χ0v) is 8.83. The van der Waals surface area contributed by atoms with Crippen molar-refractivity contribution >= 4 is 15.9 Å². The molecule has 0 radical (unpaired) electrons. The molecule has 0 aromatic heterocycles. The molecule has 70 valence electrons. The van der Waals surface area contributed by atoms with Gasteiger partial charge in [0.1, 0.15) is 0 Å². The van der Waals surface area contributed by atoms with Crippen LogP contribution in [0.15, 0.2) is 0 Å². The van der Waals surface area contributed by atoms with Crippen LogP contribution in [0.2, 0.25) is 0 Å². The van der Waals surface area contributed by atoms with Gasteiger partial charge in [-0.2, -0.15) is 0 Å². The number of rotatable bonds is 3. The highest BCUT2D eigenvalue weighted by atomic mass is 79.9. The smallest absolute Gasteiger partial charge is 0.0763 e. The fourth-order valence-corrected chi connectivity index (χ4v) is 2.56. The van der Waals surface area contributed by atoms with E-state index in [9.17, 15) is 5.11 Å². The molecule has 0 aromatic carbocycles. The summed E-state index contributed by atoms with van der Waals surface area (Å²) in [4.78, 5) is 2.41. The highest BCUT2D eigenvalue weighted by Gasteiger charge is 2.39. The highest BCUT2D eigenvalue weighted by Crippen LogP contribution is 2.40. The molecule has 0 aromatic rings. The molecule has 1 saturated carbocycles. The van der Waals surface area contributed by atoms with Gasteiger partial charge in [0.05, 0.1) is 6.10 Å². The Kier molecular flexibility index (Phi) is 2.72. The number of aliphatic hydroxyl groups is 1. The van der Waals surface area contributed by atoms with E-state index in [1.807, 2.05) is 0 Å². The summed E-state index contributed by atoms with van der Waals surface area (Å²) in [6, 6.07) is 0. The van der Waals surface area contributed by atoms with Crippen LogP contribution >= 0.6 is 15.9 Å². The van der Waals surface area contributed by atoms with Gasteiger partial charge in [-0.05, 0) is 24.7 Å². The summed E-state index contributed by atoms with van der Waals surface area (Å²) < 4.78 is 0. The summed E-state index contributed by atoms with van der Waals surface area (Å²) in [7, 11) is 0. The van der Waals surface area contributed by atoms with Crippen LogP contribution in [0.5, 0.6) is 0 Å². The quantitative estimate of drug-likeness (QED) is 0.739. The van der Waals surface area contributed by atoms with Crippen molar-refractivity contribution in [3.63, 3.8) is 0 Å². The van der Waals surface area contributed by atoms with Crippen molar-refractivity contribution in [2.24, 2.45) is 11.8 Å². The van der Waals surface area contributed by atoms with Crippen LogP contribution in [-0.4, -0.2) is 41.1 Å². The average molecular weight is 234 g/mol. The number of fused-ring (bicyclic) bond motifs is 1. The summed E-state index contributed by atoms with van der Waals surface area (Å²) >= 11 is 3.29. The van der Waals surface area contributed by atoms with Crippen LogP contribution < -0.4 is 0 Å². The normalized spacial score (nSPS) is 37.5. The summed E-state index contributed by atoms with van der Waals surface area (Å²) in [6.45, 7) is 3.32. The molecule has 2 rings (SSSR count). The van der Waals surface area contributed by atoms with Crippen LogP contribution in [0.3, 0.4) is 0 Å². The Morgan fingerprint density at radius 3 is 2.33 bits per heavy atom. The molecule has 3 atom stereocenters. The predicted molar refractivity (Wildman–Crippen MR) is 52.5 cm³/mol. The highest BCUT2D eigenvalue weighted by molar-refractivity contribution is 9.09. The molecule has 0 amide bonds. The van der Waals surface area contributed by atoms with E-state index in [2.05, 4.69) is 20.8 Å². The predicted octanol–water partition coefficient (Wildman–Crippen LogP) is 1.08. The van der Waals surface area contributed by atoms with Crippen molar-refractivity contribution in [1.82, 2.24) is 4.90 Å². The Balaban J connectivity index is 1.75. The Morgan fingerprint density at radius 1 is 1.33 bits per heavy atom. The van der Waals surface area contributed by atoms with Crippen molar-refractivity contribution in [3.8, 4) is 0 Å². The van der Waals surface area contributed by atoms with Crippen LogP contribution in [0.4, 0.5) is 0 Å². The SMILES string of the molecule is OC(CBr)CN1CC2CCC2C1. The minimum absolute atomic E-state index is 0.178. The Morgan fingerprint density at radius 2 is 1.92 bits per heavy atom. The summed E-state index contributed by atoms with van der Waals surface area (Å²) in [5.74, 6) is 1.93. The Bertz CT molecular complexity index is 153. The molecular weight excluding hydrogens is 218 g/mol. The lowest BCUT2D eigenvalue weighted by Gasteiger charge is -2.28. The van der Waals surface area contributed by atoms with Gasteiger partial charge in [0.2, 0.25) is 0 Å². The molecule has 1 saturated heterocycles. The first-order chi connectivity index (χ1) is 5.79. The molecule has 1 heterocycles. The van der Waals surface area contributed by atoms with Gasteiger partial charge in [0.15, 0.2) is 0 Å². The molecule has 2 nitrogen and oxygen atoms in total. The first-order valence-electron chi connectivity index (χ1n) is 4.76. The van der Waals surface area contributed by atoms with E-state index in [1.54, 1.807) is 0 Å². The van der Waals surface area contributed by atoms with E-state index in [-0.39, 0.29) is 6.10 Å². The molecule has 3 heteroatoms. The van der Waals surface area contributed by atoms with Crippen molar-refractivity contribution in [2.45, 2.75) is 18.9 Å². The van der Waals surface area contributed by atoms with E-state index in [1.165, 1.54) is 25.9 Å². The second kappa shape index (κ2) is 3.64. The van der Waals surface area contributed by atoms with Gasteiger partial charge in [0, 0.05) is 25.0 Å². The minimum atomic E-state index is -0.178. The number of likely N-dealkylation sites (tertiary alicyclic amines) is 1. The van der Waals surface area contributed by atoms with Crippen LogP contribution in [-0.2, 0) is 0 Å². The number of halogens is 1. The van der Waals surface area contributed by atoms with Crippen LogP contribution in [0.25, 0.3) is 0 Å². The summed E-state index contributed by atoms with van der Waals surface area (Å²) in [5.41, 5.74) is 0.